The Bertz CT molecular complexity index is 731. The van der Waals surface area contributed by atoms with Crippen LogP contribution in [0.15, 0.2) is 35.7 Å². The molecule has 7 heteroatoms. The van der Waals surface area contributed by atoms with Gasteiger partial charge in [-0.3, -0.25) is 9.59 Å². The maximum Gasteiger partial charge on any atom is 0.222 e. The number of benzene rings is 1. The van der Waals surface area contributed by atoms with Crippen molar-refractivity contribution in [2.75, 3.05) is 20.8 Å². The predicted molar refractivity (Wildman–Crippen MR) is 102 cm³/mol. The van der Waals surface area contributed by atoms with Crippen LogP contribution in [0.1, 0.15) is 29.8 Å². The summed E-state index contributed by atoms with van der Waals surface area (Å²) in [5, 5.41) is 7.66. The lowest BCUT2D eigenvalue weighted by Crippen LogP contribution is -2.33. The Balaban J connectivity index is 1.87. The quantitative estimate of drug-likeness (QED) is 0.705. The molecule has 0 aliphatic rings. The van der Waals surface area contributed by atoms with Gasteiger partial charge in [-0.05, 0) is 35.6 Å². The van der Waals surface area contributed by atoms with Gasteiger partial charge in [0.2, 0.25) is 11.8 Å². The highest BCUT2D eigenvalue weighted by Crippen LogP contribution is 2.27. The first-order valence-electron chi connectivity index (χ1n) is 8.31. The monoisotopic (exact) mass is 376 g/mol. The van der Waals surface area contributed by atoms with Gasteiger partial charge in [0.05, 0.1) is 26.7 Å². The average molecular weight is 376 g/mol. The number of methoxy groups -OCH3 is 2. The number of carbonyl (C=O) groups excluding carboxylic acids is 2. The second-order valence-corrected chi connectivity index (χ2v) is 6.74. The number of amides is 2. The molecule has 2 amide bonds. The molecule has 0 spiro atoms. The number of hydrogen-bond donors (Lipinski definition) is 2. The van der Waals surface area contributed by atoms with Gasteiger partial charge in [0.25, 0.3) is 0 Å². The van der Waals surface area contributed by atoms with E-state index in [1.807, 2.05) is 35.7 Å². The van der Waals surface area contributed by atoms with Gasteiger partial charge < -0.3 is 20.1 Å². The largest absolute Gasteiger partial charge is 0.493 e. The molecular formula is C19H24N2O4S. The first-order chi connectivity index (χ1) is 12.5. The first kappa shape index (κ1) is 19.8. The molecule has 6 nitrogen and oxygen atoms in total. The minimum Gasteiger partial charge on any atom is -0.493 e. The van der Waals surface area contributed by atoms with E-state index < -0.39 is 0 Å². The van der Waals surface area contributed by atoms with E-state index >= 15 is 0 Å². The Labute approximate surface area is 157 Å². The summed E-state index contributed by atoms with van der Waals surface area (Å²) in [5.41, 5.74) is 1.04. The van der Waals surface area contributed by atoms with E-state index in [2.05, 4.69) is 10.6 Å². The third-order valence-corrected chi connectivity index (χ3v) is 4.82. The van der Waals surface area contributed by atoms with Gasteiger partial charge in [-0.1, -0.05) is 12.1 Å². The molecule has 0 aliphatic heterocycles. The maximum atomic E-state index is 12.2. The number of carbonyl (C=O) groups is 2. The van der Waals surface area contributed by atoms with Crippen LogP contribution in [0.25, 0.3) is 0 Å². The summed E-state index contributed by atoms with van der Waals surface area (Å²) >= 11 is 1.52. The topological polar surface area (TPSA) is 76.7 Å². The smallest absolute Gasteiger partial charge is 0.222 e. The second kappa shape index (κ2) is 9.82. The number of ether oxygens (including phenoxy) is 2. The minimum atomic E-state index is -0.298. The summed E-state index contributed by atoms with van der Waals surface area (Å²) in [6.45, 7) is 1.96. The van der Waals surface area contributed by atoms with Gasteiger partial charge in [-0.25, -0.2) is 0 Å². The predicted octanol–water partition coefficient (Wildman–Crippen LogP) is 2.69. The lowest BCUT2D eigenvalue weighted by molar-refractivity contribution is -0.122. The molecule has 1 aromatic heterocycles. The molecule has 1 unspecified atom stereocenters. The molecule has 1 heterocycles. The van der Waals surface area contributed by atoms with Gasteiger partial charge in [0, 0.05) is 18.3 Å². The standard InChI is InChI=1S/C19H24N2O4S/c1-13(22)21-15(18-5-4-10-26-18)12-19(23)20-9-8-14-6-7-16(24-2)17(11-14)25-3/h4-7,10-11,15H,8-9,12H2,1-3H3,(H,20,23)(H,21,22). The molecule has 2 rings (SSSR count). The van der Waals surface area contributed by atoms with Crippen LogP contribution in [0.2, 0.25) is 0 Å². The molecule has 2 N–H and O–H groups in total. The van der Waals surface area contributed by atoms with Crippen LogP contribution in [0.3, 0.4) is 0 Å². The van der Waals surface area contributed by atoms with Crippen molar-refractivity contribution in [1.29, 1.82) is 0 Å². The number of nitrogens with one attached hydrogen (secondary N) is 2. The third kappa shape index (κ3) is 5.77. The fourth-order valence-electron chi connectivity index (χ4n) is 2.60. The summed E-state index contributed by atoms with van der Waals surface area (Å²) in [6, 6.07) is 9.22. The van der Waals surface area contributed by atoms with E-state index in [9.17, 15) is 9.59 Å². The zero-order valence-electron chi connectivity index (χ0n) is 15.2. The van der Waals surface area contributed by atoms with E-state index in [0.717, 1.165) is 10.4 Å². The Morgan fingerprint density at radius 3 is 2.54 bits per heavy atom. The van der Waals surface area contributed by atoms with Crippen LogP contribution in [-0.4, -0.2) is 32.6 Å². The van der Waals surface area contributed by atoms with Gasteiger partial charge in [0.1, 0.15) is 0 Å². The van der Waals surface area contributed by atoms with Gasteiger partial charge >= 0.3 is 0 Å². The van der Waals surface area contributed by atoms with Gasteiger partial charge in [-0.2, -0.15) is 0 Å². The fourth-order valence-corrected chi connectivity index (χ4v) is 3.38. The molecular weight excluding hydrogens is 352 g/mol. The lowest BCUT2D eigenvalue weighted by atomic mass is 10.1. The van der Waals surface area contributed by atoms with Crippen molar-refractivity contribution in [2.45, 2.75) is 25.8 Å². The fraction of sp³-hybridized carbons (Fsp3) is 0.368. The highest BCUT2D eigenvalue weighted by molar-refractivity contribution is 7.10. The van der Waals surface area contributed by atoms with Gasteiger partial charge in [0.15, 0.2) is 11.5 Å². The van der Waals surface area contributed by atoms with E-state index in [4.69, 9.17) is 9.47 Å². The number of thiophene rings is 1. The van der Waals surface area contributed by atoms with Crippen molar-refractivity contribution < 1.29 is 19.1 Å². The molecule has 2 aromatic rings. The molecule has 0 saturated heterocycles. The van der Waals surface area contributed by atoms with Crippen LogP contribution in [-0.2, 0) is 16.0 Å². The molecule has 140 valence electrons. The summed E-state index contributed by atoms with van der Waals surface area (Å²) in [7, 11) is 3.19. The summed E-state index contributed by atoms with van der Waals surface area (Å²) in [5.74, 6) is 1.09. The van der Waals surface area contributed by atoms with Crippen molar-refractivity contribution in [3.63, 3.8) is 0 Å². The average Bonchev–Trinajstić information content (AvgIpc) is 3.15. The SMILES string of the molecule is COc1ccc(CCNC(=O)CC(NC(C)=O)c2cccs2)cc1OC. The second-order valence-electron chi connectivity index (χ2n) is 5.76. The van der Waals surface area contributed by atoms with Crippen molar-refractivity contribution in [1.82, 2.24) is 10.6 Å². The van der Waals surface area contributed by atoms with E-state index in [1.54, 1.807) is 14.2 Å². The minimum absolute atomic E-state index is 0.0994. The normalized spacial score (nSPS) is 11.5. The van der Waals surface area contributed by atoms with Crippen molar-refractivity contribution in [3.05, 3.63) is 46.2 Å². The van der Waals surface area contributed by atoms with Gasteiger partial charge in [-0.15, -0.1) is 11.3 Å². The zero-order chi connectivity index (χ0) is 18.9. The molecule has 0 aliphatic carbocycles. The number of rotatable bonds is 9. The van der Waals surface area contributed by atoms with Crippen LogP contribution in [0.5, 0.6) is 11.5 Å². The van der Waals surface area contributed by atoms with Crippen LogP contribution >= 0.6 is 11.3 Å². The van der Waals surface area contributed by atoms with E-state index in [-0.39, 0.29) is 24.3 Å². The maximum absolute atomic E-state index is 12.2. The Hall–Kier alpha value is -2.54. The van der Waals surface area contributed by atoms with E-state index in [0.29, 0.717) is 24.5 Å². The van der Waals surface area contributed by atoms with Crippen LogP contribution < -0.4 is 20.1 Å². The zero-order valence-corrected chi connectivity index (χ0v) is 16.0. The Morgan fingerprint density at radius 2 is 1.92 bits per heavy atom. The molecule has 0 saturated carbocycles. The third-order valence-electron chi connectivity index (χ3n) is 3.84. The van der Waals surface area contributed by atoms with Crippen molar-refractivity contribution in [2.24, 2.45) is 0 Å². The molecule has 0 fully saturated rings. The van der Waals surface area contributed by atoms with Crippen molar-refractivity contribution >= 4 is 23.2 Å². The van der Waals surface area contributed by atoms with Crippen LogP contribution in [0.4, 0.5) is 0 Å². The lowest BCUT2D eigenvalue weighted by Gasteiger charge is -2.16. The van der Waals surface area contributed by atoms with E-state index in [1.165, 1.54) is 18.3 Å². The molecule has 26 heavy (non-hydrogen) atoms. The molecule has 1 aromatic carbocycles. The molecule has 0 radical (unpaired) electrons. The number of hydrogen-bond acceptors (Lipinski definition) is 5. The highest BCUT2D eigenvalue weighted by atomic mass is 32.1. The molecule has 0 bridgehead atoms. The Morgan fingerprint density at radius 1 is 1.15 bits per heavy atom. The first-order valence-corrected chi connectivity index (χ1v) is 9.19. The highest BCUT2D eigenvalue weighted by Gasteiger charge is 2.17. The molecule has 1 atom stereocenters. The Kier molecular flexibility index (Phi) is 7.47. The summed E-state index contributed by atoms with van der Waals surface area (Å²) < 4.78 is 10.5. The summed E-state index contributed by atoms with van der Waals surface area (Å²) in [6.07, 6.45) is 0.891. The van der Waals surface area contributed by atoms with Crippen LogP contribution in [0, 0.1) is 0 Å². The van der Waals surface area contributed by atoms with Crippen molar-refractivity contribution in [3.8, 4) is 11.5 Å². The summed E-state index contributed by atoms with van der Waals surface area (Å²) in [4.78, 5) is 24.6.